The average molecular weight is 284 g/mol. The van der Waals surface area contributed by atoms with Gasteiger partial charge in [-0.3, -0.25) is 9.69 Å². The van der Waals surface area contributed by atoms with Crippen molar-refractivity contribution in [3.63, 3.8) is 0 Å². The summed E-state index contributed by atoms with van der Waals surface area (Å²) < 4.78 is 5.09. The Hall–Kier alpha value is -2.07. The van der Waals surface area contributed by atoms with E-state index >= 15 is 0 Å². The van der Waals surface area contributed by atoms with Crippen LogP contribution >= 0.6 is 0 Å². The van der Waals surface area contributed by atoms with E-state index < -0.39 is 0 Å². The standard InChI is InChI=1S/C17H20N2O2/c1-13(11-18-17(20)16-7-4-10-21-16)19-9-8-14-5-2-3-6-15(14)12-19/h2-7,10,13H,8-9,11-12H2,1H3,(H,18,20). The van der Waals surface area contributed by atoms with Crippen LogP contribution in [-0.4, -0.2) is 29.9 Å². The first-order chi connectivity index (χ1) is 10.2. The molecule has 4 heteroatoms. The predicted molar refractivity (Wildman–Crippen MR) is 81.1 cm³/mol. The Morgan fingerprint density at radius 1 is 1.29 bits per heavy atom. The minimum absolute atomic E-state index is 0.149. The molecule has 0 spiro atoms. The highest BCUT2D eigenvalue weighted by Crippen LogP contribution is 2.19. The molecule has 0 radical (unpaired) electrons. The van der Waals surface area contributed by atoms with Gasteiger partial charge in [0.1, 0.15) is 0 Å². The van der Waals surface area contributed by atoms with Crippen LogP contribution in [0.15, 0.2) is 47.1 Å². The Morgan fingerprint density at radius 2 is 2.10 bits per heavy atom. The number of carbonyl (C=O) groups is 1. The predicted octanol–water partition coefficient (Wildman–Crippen LogP) is 2.46. The molecular formula is C17H20N2O2. The van der Waals surface area contributed by atoms with Crippen LogP contribution in [0.5, 0.6) is 0 Å². The molecule has 0 aliphatic carbocycles. The maximum absolute atomic E-state index is 11.9. The fourth-order valence-electron chi connectivity index (χ4n) is 2.76. The van der Waals surface area contributed by atoms with E-state index in [2.05, 4.69) is 41.4 Å². The molecule has 0 bridgehead atoms. The quantitative estimate of drug-likeness (QED) is 0.938. The minimum atomic E-state index is -0.149. The van der Waals surface area contributed by atoms with Crippen LogP contribution in [0.25, 0.3) is 0 Å². The Kier molecular flexibility index (Phi) is 4.06. The normalized spacial score (nSPS) is 16.2. The fourth-order valence-corrected chi connectivity index (χ4v) is 2.76. The topological polar surface area (TPSA) is 45.5 Å². The molecule has 1 aromatic heterocycles. The molecule has 1 amide bonds. The number of benzene rings is 1. The first-order valence-corrected chi connectivity index (χ1v) is 7.36. The summed E-state index contributed by atoms with van der Waals surface area (Å²) in [5.74, 6) is 0.218. The maximum Gasteiger partial charge on any atom is 0.287 e. The van der Waals surface area contributed by atoms with Gasteiger partial charge in [-0.2, -0.15) is 0 Å². The smallest absolute Gasteiger partial charge is 0.287 e. The molecule has 2 aromatic rings. The number of amides is 1. The largest absolute Gasteiger partial charge is 0.459 e. The summed E-state index contributed by atoms with van der Waals surface area (Å²) in [4.78, 5) is 14.3. The van der Waals surface area contributed by atoms with E-state index in [4.69, 9.17) is 4.42 Å². The molecule has 1 N–H and O–H groups in total. The zero-order valence-corrected chi connectivity index (χ0v) is 12.2. The number of hydrogen-bond donors (Lipinski definition) is 1. The van der Waals surface area contributed by atoms with Gasteiger partial charge in [0.25, 0.3) is 5.91 Å². The molecule has 1 unspecified atom stereocenters. The zero-order valence-electron chi connectivity index (χ0n) is 12.2. The van der Waals surface area contributed by atoms with Gasteiger partial charge < -0.3 is 9.73 Å². The van der Waals surface area contributed by atoms with Crippen LogP contribution in [0.4, 0.5) is 0 Å². The van der Waals surface area contributed by atoms with E-state index in [1.54, 1.807) is 12.1 Å². The third-order valence-electron chi connectivity index (χ3n) is 4.09. The van der Waals surface area contributed by atoms with Gasteiger partial charge in [0, 0.05) is 25.7 Å². The van der Waals surface area contributed by atoms with E-state index in [0.29, 0.717) is 18.3 Å². The zero-order chi connectivity index (χ0) is 14.7. The lowest BCUT2D eigenvalue weighted by molar-refractivity contribution is 0.0905. The van der Waals surface area contributed by atoms with Crippen molar-refractivity contribution < 1.29 is 9.21 Å². The molecule has 0 saturated carbocycles. The summed E-state index contributed by atoms with van der Waals surface area (Å²) in [6, 6.07) is 12.3. The summed E-state index contributed by atoms with van der Waals surface area (Å²) >= 11 is 0. The molecule has 21 heavy (non-hydrogen) atoms. The summed E-state index contributed by atoms with van der Waals surface area (Å²) in [6.45, 7) is 4.76. The van der Waals surface area contributed by atoms with E-state index in [0.717, 1.165) is 19.5 Å². The first kappa shape index (κ1) is 13.9. The number of rotatable bonds is 4. The summed E-state index contributed by atoms with van der Waals surface area (Å²) in [6.07, 6.45) is 2.59. The van der Waals surface area contributed by atoms with Crippen molar-refractivity contribution in [2.24, 2.45) is 0 Å². The highest BCUT2D eigenvalue weighted by atomic mass is 16.3. The molecular weight excluding hydrogens is 264 g/mol. The number of fused-ring (bicyclic) bond motifs is 1. The van der Waals surface area contributed by atoms with Gasteiger partial charge in [-0.05, 0) is 36.6 Å². The monoisotopic (exact) mass is 284 g/mol. The number of nitrogens with zero attached hydrogens (tertiary/aromatic N) is 1. The lowest BCUT2D eigenvalue weighted by atomic mass is 9.99. The van der Waals surface area contributed by atoms with Crippen LogP contribution < -0.4 is 5.32 Å². The van der Waals surface area contributed by atoms with E-state index in [1.165, 1.54) is 17.4 Å². The Balaban J connectivity index is 1.55. The van der Waals surface area contributed by atoms with Crippen molar-refractivity contribution in [3.05, 3.63) is 59.5 Å². The molecule has 0 saturated heterocycles. The highest BCUT2D eigenvalue weighted by Gasteiger charge is 2.21. The van der Waals surface area contributed by atoms with Crippen molar-refractivity contribution in [1.82, 2.24) is 10.2 Å². The number of furan rings is 1. The molecule has 4 nitrogen and oxygen atoms in total. The van der Waals surface area contributed by atoms with Crippen molar-refractivity contribution in [2.75, 3.05) is 13.1 Å². The average Bonchev–Trinajstić information content (AvgIpc) is 3.06. The van der Waals surface area contributed by atoms with Gasteiger partial charge >= 0.3 is 0 Å². The van der Waals surface area contributed by atoms with Crippen LogP contribution in [0.1, 0.15) is 28.6 Å². The summed E-state index contributed by atoms with van der Waals surface area (Å²) in [5, 5.41) is 2.93. The van der Waals surface area contributed by atoms with Crippen molar-refractivity contribution in [2.45, 2.75) is 25.9 Å². The molecule has 1 atom stereocenters. The second kappa shape index (κ2) is 6.14. The van der Waals surface area contributed by atoms with Gasteiger partial charge in [-0.25, -0.2) is 0 Å². The van der Waals surface area contributed by atoms with Gasteiger partial charge in [0.15, 0.2) is 5.76 Å². The van der Waals surface area contributed by atoms with E-state index in [-0.39, 0.29) is 5.91 Å². The van der Waals surface area contributed by atoms with Gasteiger partial charge in [0.2, 0.25) is 0 Å². The lowest BCUT2D eigenvalue weighted by Crippen LogP contribution is -2.44. The molecule has 1 aliphatic heterocycles. The first-order valence-electron chi connectivity index (χ1n) is 7.36. The number of hydrogen-bond acceptors (Lipinski definition) is 3. The van der Waals surface area contributed by atoms with Gasteiger partial charge in [0.05, 0.1) is 6.26 Å². The molecule has 1 aliphatic rings. The van der Waals surface area contributed by atoms with Crippen molar-refractivity contribution >= 4 is 5.91 Å². The van der Waals surface area contributed by atoms with Crippen molar-refractivity contribution in [1.29, 1.82) is 0 Å². The SMILES string of the molecule is CC(CNC(=O)c1ccco1)N1CCc2ccccc2C1. The highest BCUT2D eigenvalue weighted by molar-refractivity contribution is 5.91. The van der Waals surface area contributed by atoms with Crippen molar-refractivity contribution in [3.8, 4) is 0 Å². The molecule has 3 rings (SSSR count). The van der Waals surface area contributed by atoms with Gasteiger partial charge in [-0.1, -0.05) is 24.3 Å². The third kappa shape index (κ3) is 3.16. The Morgan fingerprint density at radius 3 is 2.86 bits per heavy atom. The van der Waals surface area contributed by atoms with Crippen LogP contribution in [-0.2, 0) is 13.0 Å². The van der Waals surface area contributed by atoms with Crippen LogP contribution in [0.3, 0.4) is 0 Å². The number of carbonyl (C=O) groups excluding carboxylic acids is 1. The maximum atomic E-state index is 11.9. The Bertz CT molecular complexity index is 607. The second-order valence-corrected chi connectivity index (χ2v) is 5.53. The summed E-state index contributed by atoms with van der Waals surface area (Å²) in [7, 11) is 0. The van der Waals surface area contributed by atoms with Crippen LogP contribution in [0.2, 0.25) is 0 Å². The number of nitrogens with one attached hydrogen (secondary N) is 1. The van der Waals surface area contributed by atoms with E-state index in [1.807, 2.05) is 0 Å². The second-order valence-electron chi connectivity index (χ2n) is 5.53. The fraction of sp³-hybridized carbons (Fsp3) is 0.353. The van der Waals surface area contributed by atoms with E-state index in [9.17, 15) is 4.79 Å². The molecule has 0 fully saturated rings. The minimum Gasteiger partial charge on any atom is -0.459 e. The molecule has 1 aromatic carbocycles. The van der Waals surface area contributed by atoms with Crippen LogP contribution in [0, 0.1) is 0 Å². The van der Waals surface area contributed by atoms with Gasteiger partial charge in [-0.15, -0.1) is 0 Å². The summed E-state index contributed by atoms with van der Waals surface area (Å²) in [5.41, 5.74) is 2.84. The lowest BCUT2D eigenvalue weighted by Gasteiger charge is -2.33. The molecule has 2 heterocycles. The third-order valence-corrected chi connectivity index (χ3v) is 4.09. The molecule has 110 valence electrons. The Labute approximate surface area is 124 Å².